The molecule has 16 heavy (non-hydrogen) atoms. The summed E-state index contributed by atoms with van der Waals surface area (Å²) < 4.78 is -0.836. The van der Waals surface area contributed by atoms with Crippen molar-refractivity contribution in [2.75, 3.05) is 0 Å². The van der Waals surface area contributed by atoms with Gasteiger partial charge >= 0.3 is 0 Å². The molecule has 1 aromatic rings. The van der Waals surface area contributed by atoms with E-state index >= 15 is 0 Å². The molecule has 0 unspecified atom stereocenters. The molecular weight excluding hydrogens is 245 g/mol. The highest BCUT2D eigenvalue weighted by molar-refractivity contribution is 6.52. The van der Waals surface area contributed by atoms with E-state index in [1.165, 1.54) is 5.56 Å². The van der Waals surface area contributed by atoms with Crippen molar-refractivity contribution >= 4 is 29.1 Å². The molecular formula is C12H13Cl2NO. The topological polar surface area (TPSA) is 29.1 Å². The molecule has 0 aliphatic heterocycles. The number of nitrogens with one attached hydrogen (secondary N) is 1. The van der Waals surface area contributed by atoms with Crippen LogP contribution in [0.25, 0.3) is 0 Å². The van der Waals surface area contributed by atoms with Gasteiger partial charge in [0.05, 0.1) is 5.92 Å². The van der Waals surface area contributed by atoms with Gasteiger partial charge in [-0.3, -0.25) is 4.79 Å². The standard InChI is InChI=1S/C12H13Cl2NO/c1-8-2-4-9(5-3-8)7-15-11(16)10-6-12(10,13)14/h2-5,10H,6-7H2,1H3,(H,15,16)/t10-/m1/s1. The number of alkyl halides is 2. The lowest BCUT2D eigenvalue weighted by Gasteiger charge is -2.05. The molecule has 2 rings (SSSR count). The van der Waals surface area contributed by atoms with E-state index < -0.39 is 4.33 Å². The summed E-state index contributed by atoms with van der Waals surface area (Å²) in [6.45, 7) is 2.56. The number of halogens is 2. The highest BCUT2D eigenvalue weighted by Crippen LogP contribution is 2.53. The van der Waals surface area contributed by atoms with Crippen LogP contribution in [0.15, 0.2) is 24.3 Å². The average Bonchev–Trinajstić information content (AvgIpc) is 2.87. The minimum absolute atomic E-state index is 0.0643. The quantitative estimate of drug-likeness (QED) is 0.830. The lowest BCUT2D eigenvalue weighted by molar-refractivity contribution is -0.122. The fourth-order valence-electron chi connectivity index (χ4n) is 1.52. The molecule has 1 amide bonds. The molecule has 1 saturated carbocycles. The Bertz CT molecular complexity index is 400. The van der Waals surface area contributed by atoms with Crippen LogP contribution in [0.5, 0.6) is 0 Å². The number of hydrogen-bond acceptors (Lipinski definition) is 1. The summed E-state index contributed by atoms with van der Waals surface area (Å²) in [7, 11) is 0. The highest BCUT2D eigenvalue weighted by Gasteiger charge is 2.56. The average molecular weight is 258 g/mol. The third kappa shape index (κ3) is 2.69. The van der Waals surface area contributed by atoms with Gasteiger partial charge in [-0.05, 0) is 18.9 Å². The Morgan fingerprint density at radius 1 is 1.44 bits per heavy atom. The smallest absolute Gasteiger partial charge is 0.226 e. The lowest BCUT2D eigenvalue weighted by atomic mass is 10.1. The Morgan fingerprint density at radius 2 is 2.00 bits per heavy atom. The SMILES string of the molecule is Cc1ccc(CNC(=O)[C@H]2CC2(Cl)Cl)cc1. The Morgan fingerprint density at radius 3 is 2.50 bits per heavy atom. The maximum atomic E-state index is 11.6. The predicted molar refractivity (Wildman–Crippen MR) is 65.6 cm³/mol. The van der Waals surface area contributed by atoms with Gasteiger partial charge in [0, 0.05) is 6.54 Å². The molecule has 86 valence electrons. The molecule has 0 saturated heterocycles. The number of rotatable bonds is 3. The van der Waals surface area contributed by atoms with Crippen molar-refractivity contribution in [3.8, 4) is 0 Å². The normalized spacial score (nSPS) is 21.6. The van der Waals surface area contributed by atoms with Crippen molar-refractivity contribution in [3.63, 3.8) is 0 Å². The number of amides is 1. The number of benzene rings is 1. The van der Waals surface area contributed by atoms with E-state index in [2.05, 4.69) is 5.32 Å². The summed E-state index contributed by atoms with van der Waals surface area (Å²) in [6.07, 6.45) is 0.551. The van der Waals surface area contributed by atoms with E-state index in [0.29, 0.717) is 13.0 Å². The molecule has 1 aliphatic carbocycles. The van der Waals surface area contributed by atoms with Gasteiger partial charge in [-0.15, -0.1) is 23.2 Å². The zero-order chi connectivity index (χ0) is 11.8. The summed E-state index contributed by atoms with van der Waals surface area (Å²) in [5.41, 5.74) is 2.28. The zero-order valence-electron chi connectivity index (χ0n) is 8.97. The van der Waals surface area contributed by atoms with E-state index in [1.807, 2.05) is 31.2 Å². The third-order valence-electron chi connectivity index (χ3n) is 2.73. The molecule has 0 spiro atoms. The molecule has 1 aromatic carbocycles. The number of carbonyl (C=O) groups is 1. The van der Waals surface area contributed by atoms with Crippen molar-refractivity contribution in [3.05, 3.63) is 35.4 Å². The molecule has 0 radical (unpaired) electrons. The van der Waals surface area contributed by atoms with Gasteiger partial charge in [-0.25, -0.2) is 0 Å². The van der Waals surface area contributed by atoms with Crippen LogP contribution >= 0.6 is 23.2 Å². The van der Waals surface area contributed by atoms with Gasteiger partial charge in [0.15, 0.2) is 0 Å². The summed E-state index contributed by atoms with van der Waals surface area (Å²) in [5.74, 6) is -0.313. The second-order valence-corrected chi connectivity index (χ2v) is 5.76. The van der Waals surface area contributed by atoms with Crippen LogP contribution in [0.2, 0.25) is 0 Å². The first-order chi connectivity index (χ1) is 7.49. The van der Waals surface area contributed by atoms with Crippen LogP contribution < -0.4 is 5.32 Å². The van der Waals surface area contributed by atoms with Crippen LogP contribution in [0.4, 0.5) is 0 Å². The molecule has 1 N–H and O–H groups in total. The molecule has 0 heterocycles. The zero-order valence-corrected chi connectivity index (χ0v) is 10.5. The lowest BCUT2D eigenvalue weighted by Crippen LogP contribution is -2.26. The summed E-state index contributed by atoms with van der Waals surface area (Å²) >= 11 is 11.6. The minimum Gasteiger partial charge on any atom is -0.352 e. The van der Waals surface area contributed by atoms with E-state index in [9.17, 15) is 4.79 Å². The maximum Gasteiger partial charge on any atom is 0.226 e. The number of aryl methyl sites for hydroxylation is 1. The Balaban J connectivity index is 1.84. The number of carbonyl (C=O) groups excluding carboxylic acids is 1. The first kappa shape index (κ1) is 11.7. The van der Waals surface area contributed by atoms with Crippen LogP contribution in [0, 0.1) is 12.8 Å². The molecule has 2 nitrogen and oxygen atoms in total. The third-order valence-corrected chi connectivity index (χ3v) is 3.57. The van der Waals surface area contributed by atoms with E-state index in [0.717, 1.165) is 5.56 Å². The molecule has 4 heteroatoms. The summed E-state index contributed by atoms with van der Waals surface area (Å²) in [4.78, 5) is 11.6. The predicted octanol–water partition coefficient (Wildman–Crippen LogP) is 2.81. The van der Waals surface area contributed by atoms with Crippen molar-refractivity contribution in [1.82, 2.24) is 5.32 Å². The fraction of sp³-hybridized carbons (Fsp3) is 0.417. The van der Waals surface area contributed by atoms with Gasteiger partial charge in [0.25, 0.3) is 0 Å². The molecule has 0 aromatic heterocycles. The van der Waals surface area contributed by atoms with Crippen LogP contribution in [0.3, 0.4) is 0 Å². The number of hydrogen-bond donors (Lipinski definition) is 1. The van der Waals surface area contributed by atoms with Gasteiger partial charge in [-0.1, -0.05) is 29.8 Å². The highest BCUT2D eigenvalue weighted by atomic mass is 35.5. The van der Waals surface area contributed by atoms with Gasteiger partial charge in [0.1, 0.15) is 4.33 Å². The molecule has 1 fully saturated rings. The van der Waals surface area contributed by atoms with Crippen LogP contribution in [-0.2, 0) is 11.3 Å². The molecule has 0 bridgehead atoms. The maximum absolute atomic E-state index is 11.6. The van der Waals surface area contributed by atoms with Crippen LogP contribution in [0.1, 0.15) is 17.5 Å². The fourth-order valence-corrected chi connectivity index (χ4v) is 2.02. The Kier molecular flexibility index (Phi) is 3.13. The Labute approximate surface area is 105 Å². The Hall–Kier alpha value is -0.730. The first-order valence-corrected chi connectivity index (χ1v) is 5.96. The molecule has 1 aliphatic rings. The molecule has 1 atom stereocenters. The van der Waals surface area contributed by atoms with Crippen molar-refractivity contribution in [2.24, 2.45) is 5.92 Å². The second kappa shape index (κ2) is 4.27. The van der Waals surface area contributed by atoms with Crippen molar-refractivity contribution < 1.29 is 4.79 Å². The van der Waals surface area contributed by atoms with Gasteiger partial charge in [0.2, 0.25) is 5.91 Å². The van der Waals surface area contributed by atoms with E-state index in [-0.39, 0.29) is 11.8 Å². The van der Waals surface area contributed by atoms with Crippen molar-refractivity contribution in [1.29, 1.82) is 0 Å². The van der Waals surface area contributed by atoms with E-state index in [1.54, 1.807) is 0 Å². The van der Waals surface area contributed by atoms with Gasteiger partial charge < -0.3 is 5.32 Å². The largest absolute Gasteiger partial charge is 0.352 e. The summed E-state index contributed by atoms with van der Waals surface area (Å²) in [5, 5.41) is 2.83. The summed E-state index contributed by atoms with van der Waals surface area (Å²) in [6, 6.07) is 8.03. The minimum atomic E-state index is -0.836. The van der Waals surface area contributed by atoms with Gasteiger partial charge in [-0.2, -0.15) is 0 Å². The van der Waals surface area contributed by atoms with Crippen molar-refractivity contribution in [2.45, 2.75) is 24.2 Å². The monoisotopic (exact) mass is 257 g/mol. The first-order valence-electron chi connectivity index (χ1n) is 5.20. The van der Waals surface area contributed by atoms with E-state index in [4.69, 9.17) is 23.2 Å². The second-order valence-electron chi connectivity index (χ2n) is 4.22. The van der Waals surface area contributed by atoms with Crippen LogP contribution in [-0.4, -0.2) is 10.2 Å².